The topological polar surface area (TPSA) is 34.6 Å². The van der Waals surface area contributed by atoms with E-state index in [9.17, 15) is 0 Å². The molecule has 166 valence electrons. The second-order valence-corrected chi connectivity index (χ2v) is 8.23. The van der Waals surface area contributed by atoms with E-state index >= 15 is 0 Å². The molecule has 0 N–H and O–H groups in total. The fraction of sp³-hybridized carbons (Fsp3) is 0.0690. The Morgan fingerprint density at radius 3 is 1.91 bits per heavy atom. The molecule has 0 saturated carbocycles. The molecule has 4 nitrogen and oxygen atoms in total. The number of rotatable bonds is 5. The fourth-order valence-electron chi connectivity index (χ4n) is 4.38. The molecule has 3 aromatic heterocycles. The number of nitrogens with zero attached hydrogens (tertiary/aromatic N) is 4. The van der Waals surface area contributed by atoms with Crippen LogP contribution >= 0.6 is 0 Å². The highest BCUT2D eigenvalue weighted by Crippen LogP contribution is 2.19. The molecule has 6 rings (SSSR count). The average Bonchev–Trinajstić information content (AvgIpc) is 3.26. The summed E-state index contributed by atoms with van der Waals surface area (Å²) in [5.74, 6) is 1.14. The van der Waals surface area contributed by atoms with Crippen molar-refractivity contribution in [3.05, 3.63) is 127 Å². The molecule has 0 bridgehead atoms. The molecular weight excluding hydrogens is 440 g/mol. The van der Waals surface area contributed by atoms with E-state index in [1.807, 2.05) is 24.3 Å². The molecule has 5 heteroatoms. The van der Waals surface area contributed by atoms with Crippen LogP contribution in [0.2, 0.25) is 0 Å². The monoisotopic (exact) mass is 462 g/mol. The third-order valence-electron chi connectivity index (χ3n) is 5.98. The van der Waals surface area contributed by atoms with Crippen molar-refractivity contribution >= 4 is 21.8 Å². The van der Waals surface area contributed by atoms with Gasteiger partial charge in [0.2, 0.25) is 0 Å². The molecule has 6 aromatic rings. The largest absolute Gasteiger partial charge is 1.00 e. The van der Waals surface area contributed by atoms with Gasteiger partial charge >= 0.3 is 0 Å². The first-order valence-corrected chi connectivity index (χ1v) is 11.2. The van der Waals surface area contributed by atoms with Gasteiger partial charge in [-0.25, -0.2) is 19.1 Å². The second kappa shape index (κ2) is 9.46. The highest BCUT2D eigenvalue weighted by atomic mass is 35.5. The molecule has 0 spiro atoms. The molecule has 0 fully saturated rings. The van der Waals surface area contributed by atoms with Crippen LogP contribution in [-0.2, 0) is 13.1 Å². The minimum absolute atomic E-state index is 0. The summed E-state index contributed by atoms with van der Waals surface area (Å²) in [4.78, 5) is 9.78. The van der Waals surface area contributed by atoms with Gasteiger partial charge in [0.25, 0.3) is 5.82 Å². The fourth-order valence-corrected chi connectivity index (χ4v) is 4.38. The lowest BCUT2D eigenvalue weighted by Gasteiger charge is -2.07. The van der Waals surface area contributed by atoms with Crippen molar-refractivity contribution < 1.29 is 17.0 Å². The summed E-state index contributed by atoms with van der Waals surface area (Å²) in [5.41, 5.74) is 5.30. The van der Waals surface area contributed by atoms with Crippen molar-refractivity contribution in [1.82, 2.24) is 14.5 Å². The molecule has 0 aliphatic carbocycles. The minimum atomic E-state index is 0. The Morgan fingerprint density at radius 1 is 0.618 bits per heavy atom. The van der Waals surface area contributed by atoms with Gasteiger partial charge in [-0.3, -0.25) is 0 Å². The Kier molecular flexibility index (Phi) is 6.07. The van der Waals surface area contributed by atoms with E-state index in [1.54, 1.807) is 0 Å². The van der Waals surface area contributed by atoms with Gasteiger partial charge in [0.1, 0.15) is 25.5 Å². The highest BCUT2D eigenvalue weighted by molar-refractivity contribution is 5.79. The second-order valence-electron chi connectivity index (χ2n) is 8.23. The Morgan fingerprint density at radius 2 is 1.21 bits per heavy atom. The lowest BCUT2D eigenvalue weighted by atomic mass is 10.2. The van der Waals surface area contributed by atoms with Gasteiger partial charge in [-0.15, -0.1) is 0 Å². The number of hydrogen-bond donors (Lipinski definition) is 0. The number of aromatic nitrogens is 4. The average molecular weight is 463 g/mol. The van der Waals surface area contributed by atoms with E-state index in [4.69, 9.17) is 9.97 Å². The number of para-hydroxylation sites is 2. The van der Waals surface area contributed by atoms with Gasteiger partial charge in [-0.05, 0) is 36.4 Å². The summed E-state index contributed by atoms with van der Waals surface area (Å²) in [6.07, 6.45) is 4.28. The molecule has 0 aliphatic heterocycles. The zero-order chi connectivity index (χ0) is 22.0. The van der Waals surface area contributed by atoms with Crippen molar-refractivity contribution in [3.8, 4) is 11.4 Å². The Hall–Kier alpha value is -4.02. The van der Waals surface area contributed by atoms with Crippen molar-refractivity contribution in [3.63, 3.8) is 0 Å². The van der Waals surface area contributed by atoms with E-state index in [1.165, 1.54) is 5.56 Å². The summed E-state index contributed by atoms with van der Waals surface area (Å²) in [6.45, 7) is 1.40. The van der Waals surface area contributed by atoms with Gasteiger partial charge in [0.05, 0.1) is 28.0 Å². The summed E-state index contributed by atoms with van der Waals surface area (Å²) in [5, 5.41) is 2.32. The van der Waals surface area contributed by atoms with Crippen LogP contribution in [0.25, 0.3) is 33.2 Å². The van der Waals surface area contributed by atoms with Crippen molar-refractivity contribution in [2.24, 2.45) is 0 Å². The third kappa shape index (κ3) is 4.28. The van der Waals surface area contributed by atoms with Gasteiger partial charge in [-0.2, -0.15) is 0 Å². The lowest BCUT2D eigenvalue weighted by molar-refractivity contribution is -0.677. The van der Waals surface area contributed by atoms with E-state index in [2.05, 4.69) is 100 Å². The van der Waals surface area contributed by atoms with Crippen LogP contribution in [0.1, 0.15) is 11.4 Å². The van der Waals surface area contributed by atoms with Crippen LogP contribution in [0.5, 0.6) is 0 Å². The lowest BCUT2D eigenvalue weighted by Crippen LogP contribution is -3.00. The van der Waals surface area contributed by atoms with Gasteiger partial charge in [-0.1, -0.05) is 66.7 Å². The minimum Gasteiger partial charge on any atom is -1.00 e. The van der Waals surface area contributed by atoms with Crippen molar-refractivity contribution in [2.45, 2.75) is 13.1 Å². The Labute approximate surface area is 204 Å². The van der Waals surface area contributed by atoms with Crippen LogP contribution in [-0.4, -0.2) is 14.5 Å². The smallest absolute Gasteiger partial charge is 0.289 e. The maximum atomic E-state index is 4.89. The normalized spacial score (nSPS) is 10.9. The van der Waals surface area contributed by atoms with E-state index in [-0.39, 0.29) is 12.4 Å². The molecule has 0 amide bonds. The number of hydrogen-bond acceptors (Lipinski definition) is 2. The first-order valence-electron chi connectivity index (χ1n) is 11.2. The molecular formula is C29H23ClN4. The zero-order valence-corrected chi connectivity index (χ0v) is 19.3. The maximum Gasteiger partial charge on any atom is 0.289 e. The van der Waals surface area contributed by atoms with Gasteiger partial charge < -0.3 is 12.4 Å². The first-order chi connectivity index (χ1) is 16.3. The number of pyridine rings is 2. The van der Waals surface area contributed by atoms with Crippen LogP contribution in [0, 0.1) is 0 Å². The molecule has 34 heavy (non-hydrogen) atoms. The van der Waals surface area contributed by atoms with Gasteiger partial charge in [0, 0.05) is 10.8 Å². The standard InChI is InChI=1S/C29H23N4.ClH/c1-2-10-24(11-3-1)29-32(20-25-16-14-22-8-4-6-12-27(22)30-25)18-19-33(29)21-26-17-15-23-9-5-7-13-28(23)31-26;/h1-19H,20-21H2;1H/q+1;/p-1. The van der Waals surface area contributed by atoms with Crippen LogP contribution < -0.4 is 17.0 Å². The maximum absolute atomic E-state index is 4.89. The van der Waals surface area contributed by atoms with Gasteiger partial charge in [0.15, 0.2) is 0 Å². The van der Waals surface area contributed by atoms with Crippen molar-refractivity contribution in [2.75, 3.05) is 0 Å². The predicted octanol–water partition coefficient (Wildman–Crippen LogP) is 2.64. The SMILES string of the molecule is [Cl-].c1ccc(-c2n(Cc3ccc4ccccc4n3)cc[n+]2Cc2ccc3ccccc3n2)cc1. The number of benzene rings is 3. The number of imidazole rings is 1. The molecule has 0 atom stereocenters. The summed E-state index contributed by atoms with van der Waals surface area (Å²) in [6, 6.07) is 35.6. The van der Waals surface area contributed by atoms with E-state index in [0.29, 0.717) is 13.1 Å². The van der Waals surface area contributed by atoms with E-state index in [0.717, 1.165) is 39.0 Å². The molecule has 3 heterocycles. The number of halogens is 1. The third-order valence-corrected chi connectivity index (χ3v) is 5.98. The van der Waals surface area contributed by atoms with Crippen LogP contribution in [0.4, 0.5) is 0 Å². The molecule has 0 unspecified atom stereocenters. The molecule has 0 aliphatic rings. The Bertz CT molecular complexity index is 1480. The molecule has 0 radical (unpaired) electrons. The quantitative estimate of drug-likeness (QED) is 0.369. The zero-order valence-electron chi connectivity index (χ0n) is 18.6. The summed E-state index contributed by atoms with van der Waals surface area (Å²) in [7, 11) is 0. The van der Waals surface area contributed by atoms with Crippen LogP contribution in [0.3, 0.4) is 0 Å². The Balaban J connectivity index is 0.00000241. The van der Waals surface area contributed by atoms with E-state index < -0.39 is 0 Å². The summed E-state index contributed by atoms with van der Waals surface area (Å²) >= 11 is 0. The van der Waals surface area contributed by atoms with Crippen LogP contribution in [0.15, 0.2) is 116 Å². The number of fused-ring (bicyclic) bond motifs is 2. The molecule has 3 aromatic carbocycles. The molecule has 0 saturated heterocycles. The highest BCUT2D eigenvalue weighted by Gasteiger charge is 2.21. The summed E-state index contributed by atoms with van der Waals surface area (Å²) < 4.78 is 4.54. The van der Waals surface area contributed by atoms with Crippen molar-refractivity contribution in [1.29, 1.82) is 0 Å². The first kappa shape index (κ1) is 21.8. The predicted molar refractivity (Wildman–Crippen MR) is 132 cm³/mol.